The Morgan fingerprint density at radius 3 is 2.83 bits per heavy atom. The average Bonchev–Trinajstić information content (AvgIpc) is 2.37. The molecule has 1 atom stereocenters. The summed E-state index contributed by atoms with van der Waals surface area (Å²) in [4.78, 5) is 0. The second-order valence-electron chi connectivity index (χ2n) is 4.39. The number of unbranched alkanes of at least 4 members (excludes halogenated alkanes) is 1. The number of halogens is 2. The van der Waals surface area contributed by atoms with E-state index >= 15 is 0 Å². The van der Waals surface area contributed by atoms with Crippen LogP contribution in [0.2, 0.25) is 0 Å². The van der Waals surface area contributed by atoms with Crippen molar-refractivity contribution in [2.45, 2.75) is 38.6 Å². The van der Waals surface area contributed by atoms with Gasteiger partial charge in [0, 0.05) is 15.0 Å². The Balaban J connectivity index is 2.78. The van der Waals surface area contributed by atoms with Crippen molar-refractivity contribution in [1.29, 1.82) is 0 Å². The molecule has 0 bridgehead atoms. The smallest absolute Gasteiger partial charge is 0.0331 e. The standard InChI is InChI=1S/C15H21Br2N/c1-3-5-6-7-15(18-10-4-2)13-11-12(16)8-9-14(13)17/h3,8-9,11,15,18H,1,4-7,10H2,2H3. The van der Waals surface area contributed by atoms with Crippen LogP contribution < -0.4 is 5.32 Å². The van der Waals surface area contributed by atoms with Gasteiger partial charge < -0.3 is 5.32 Å². The fourth-order valence-electron chi connectivity index (χ4n) is 1.93. The summed E-state index contributed by atoms with van der Waals surface area (Å²) in [6.45, 7) is 7.04. The zero-order valence-corrected chi connectivity index (χ0v) is 14.1. The van der Waals surface area contributed by atoms with Crippen molar-refractivity contribution in [2.24, 2.45) is 0 Å². The molecule has 3 heteroatoms. The summed E-state index contributed by atoms with van der Waals surface area (Å²) in [5, 5.41) is 3.63. The zero-order chi connectivity index (χ0) is 13.4. The maximum Gasteiger partial charge on any atom is 0.0331 e. The molecular formula is C15H21Br2N. The van der Waals surface area contributed by atoms with Gasteiger partial charge in [-0.1, -0.05) is 44.9 Å². The van der Waals surface area contributed by atoms with Crippen molar-refractivity contribution in [3.63, 3.8) is 0 Å². The molecule has 1 rings (SSSR count). The zero-order valence-electron chi connectivity index (χ0n) is 10.9. The predicted molar refractivity (Wildman–Crippen MR) is 86.9 cm³/mol. The van der Waals surface area contributed by atoms with Crippen LogP contribution in [0.1, 0.15) is 44.2 Å². The highest BCUT2D eigenvalue weighted by Crippen LogP contribution is 2.29. The molecule has 1 nitrogen and oxygen atoms in total. The summed E-state index contributed by atoms with van der Waals surface area (Å²) in [7, 11) is 0. The Morgan fingerprint density at radius 1 is 1.39 bits per heavy atom. The molecule has 0 saturated heterocycles. The van der Waals surface area contributed by atoms with Gasteiger partial charge in [0.2, 0.25) is 0 Å². The maximum absolute atomic E-state index is 3.79. The fourth-order valence-corrected chi connectivity index (χ4v) is 2.84. The number of nitrogens with one attached hydrogen (secondary N) is 1. The van der Waals surface area contributed by atoms with Crippen LogP contribution in [0.5, 0.6) is 0 Å². The van der Waals surface area contributed by atoms with Crippen LogP contribution in [0.25, 0.3) is 0 Å². The molecule has 1 unspecified atom stereocenters. The lowest BCUT2D eigenvalue weighted by Crippen LogP contribution is -2.22. The normalized spacial score (nSPS) is 12.4. The molecule has 0 amide bonds. The SMILES string of the molecule is C=CCCCC(NCCC)c1cc(Br)ccc1Br. The third-order valence-corrected chi connectivity index (χ3v) is 4.09. The van der Waals surface area contributed by atoms with E-state index in [2.05, 4.69) is 68.9 Å². The summed E-state index contributed by atoms with van der Waals surface area (Å²) in [6.07, 6.45) is 6.54. The maximum atomic E-state index is 3.79. The predicted octanol–water partition coefficient (Wildman–Crippen LogP) is 5.61. The van der Waals surface area contributed by atoms with E-state index in [0.717, 1.165) is 30.3 Å². The van der Waals surface area contributed by atoms with Crippen molar-refractivity contribution < 1.29 is 0 Å². The van der Waals surface area contributed by atoms with Gasteiger partial charge in [0.05, 0.1) is 0 Å². The van der Waals surface area contributed by atoms with Crippen molar-refractivity contribution >= 4 is 31.9 Å². The summed E-state index contributed by atoms with van der Waals surface area (Å²) < 4.78 is 2.31. The summed E-state index contributed by atoms with van der Waals surface area (Å²) in [5.74, 6) is 0. The van der Waals surface area contributed by atoms with Gasteiger partial charge >= 0.3 is 0 Å². The third-order valence-electron chi connectivity index (χ3n) is 2.88. The monoisotopic (exact) mass is 373 g/mol. The molecule has 0 aliphatic carbocycles. The number of hydrogen-bond donors (Lipinski definition) is 1. The van der Waals surface area contributed by atoms with Crippen LogP contribution in [-0.4, -0.2) is 6.54 Å². The van der Waals surface area contributed by atoms with E-state index < -0.39 is 0 Å². The first-order valence-electron chi connectivity index (χ1n) is 6.48. The Hall–Kier alpha value is -0.120. The molecule has 0 spiro atoms. The minimum atomic E-state index is 0.414. The Labute approximate surface area is 127 Å². The molecule has 18 heavy (non-hydrogen) atoms. The highest BCUT2D eigenvalue weighted by molar-refractivity contribution is 9.11. The molecule has 100 valence electrons. The lowest BCUT2D eigenvalue weighted by molar-refractivity contribution is 0.484. The lowest BCUT2D eigenvalue weighted by Gasteiger charge is -2.20. The van der Waals surface area contributed by atoms with Gasteiger partial charge in [0.1, 0.15) is 0 Å². The molecule has 1 aromatic carbocycles. The molecular weight excluding hydrogens is 354 g/mol. The quantitative estimate of drug-likeness (QED) is 0.460. The Morgan fingerprint density at radius 2 is 2.17 bits per heavy atom. The first-order chi connectivity index (χ1) is 8.69. The average molecular weight is 375 g/mol. The van der Waals surface area contributed by atoms with Gasteiger partial charge in [-0.3, -0.25) is 0 Å². The number of allylic oxidation sites excluding steroid dienone is 1. The van der Waals surface area contributed by atoms with Crippen molar-refractivity contribution in [2.75, 3.05) is 6.54 Å². The van der Waals surface area contributed by atoms with Crippen molar-refractivity contribution in [3.05, 3.63) is 45.4 Å². The van der Waals surface area contributed by atoms with Crippen molar-refractivity contribution in [1.82, 2.24) is 5.32 Å². The minimum Gasteiger partial charge on any atom is -0.310 e. The molecule has 0 radical (unpaired) electrons. The summed E-state index contributed by atoms with van der Waals surface area (Å²) >= 11 is 7.20. The second kappa shape index (κ2) is 8.89. The Bertz CT molecular complexity index is 377. The number of benzene rings is 1. The molecule has 0 saturated carbocycles. The highest BCUT2D eigenvalue weighted by Gasteiger charge is 2.13. The molecule has 0 aliphatic heterocycles. The summed E-state index contributed by atoms with van der Waals surface area (Å²) in [6, 6.07) is 6.78. The molecule has 1 aromatic rings. The highest BCUT2D eigenvalue weighted by atomic mass is 79.9. The second-order valence-corrected chi connectivity index (χ2v) is 6.16. The minimum absolute atomic E-state index is 0.414. The van der Waals surface area contributed by atoms with E-state index in [1.54, 1.807) is 0 Å². The van der Waals surface area contributed by atoms with E-state index in [1.165, 1.54) is 16.5 Å². The third kappa shape index (κ3) is 5.25. The molecule has 1 N–H and O–H groups in total. The van der Waals surface area contributed by atoms with Gasteiger partial charge in [-0.05, 0) is 56.0 Å². The summed E-state index contributed by atoms with van der Waals surface area (Å²) in [5.41, 5.74) is 1.34. The molecule has 0 fully saturated rings. The number of hydrogen-bond acceptors (Lipinski definition) is 1. The lowest BCUT2D eigenvalue weighted by atomic mass is 10.0. The van der Waals surface area contributed by atoms with E-state index in [4.69, 9.17) is 0 Å². The first-order valence-corrected chi connectivity index (χ1v) is 8.06. The fraction of sp³-hybridized carbons (Fsp3) is 0.467. The van der Waals surface area contributed by atoms with Crippen LogP contribution in [0, 0.1) is 0 Å². The molecule has 0 aliphatic rings. The van der Waals surface area contributed by atoms with Gasteiger partial charge in [0.25, 0.3) is 0 Å². The van der Waals surface area contributed by atoms with Gasteiger partial charge in [-0.2, -0.15) is 0 Å². The van der Waals surface area contributed by atoms with Gasteiger partial charge in [-0.15, -0.1) is 6.58 Å². The van der Waals surface area contributed by atoms with Crippen LogP contribution in [-0.2, 0) is 0 Å². The largest absolute Gasteiger partial charge is 0.310 e. The number of rotatable bonds is 8. The first kappa shape index (κ1) is 15.9. The Kier molecular flexibility index (Phi) is 7.87. The molecule has 0 heterocycles. The van der Waals surface area contributed by atoms with Crippen LogP contribution in [0.3, 0.4) is 0 Å². The topological polar surface area (TPSA) is 12.0 Å². The van der Waals surface area contributed by atoms with Crippen molar-refractivity contribution in [3.8, 4) is 0 Å². The van der Waals surface area contributed by atoms with Crippen LogP contribution in [0.15, 0.2) is 39.8 Å². The van der Waals surface area contributed by atoms with E-state index in [1.807, 2.05) is 6.08 Å². The van der Waals surface area contributed by atoms with E-state index in [0.29, 0.717) is 6.04 Å². The van der Waals surface area contributed by atoms with E-state index in [9.17, 15) is 0 Å². The molecule has 0 aromatic heterocycles. The van der Waals surface area contributed by atoms with Gasteiger partial charge in [0.15, 0.2) is 0 Å². The van der Waals surface area contributed by atoms with Crippen LogP contribution >= 0.6 is 31.9 Å². The van der Waals surface area contributed by atoms with Gasteiger partial charge in [-0.25, -0.2) is 0 Å². The van der Waals surface area contributed by atoms with E-state index in [-0.39, 0.29) is 0 Å². The van der Waals surface area contributed by atoms with Crippen LogP contribution in [0.4, 0.5) is 0 Å².